The molecule has 0 radical (unpaired) electrons. The van der Waals surface area contributed by atoms with E-state index in [-0.39, 0.29) is 6.03 Å². The largest absolute Gasteiger partial charge is 0.494 e. The molecule has 2 amide bonds. The highest BCUT2D eigenvalue weighted by molar-refractivity contribution is 5.73. The molecular formula is C16H27N3O2. The first-order valence-corrected chi connectivity index (χ1v) is 7.65. The number of likely N-dealkylation sites (N-methyl/N-ethyl adjacent to an activating group) is 1. The van der Waals surface area contributed by atoms with E-state index >= 15 is 0 Å². The highest BCUT2D eigenvalue weighted by Gasteiger charge is 2.02. The molecule has 5 nitrogen and oxygen atoms in total. The van der Waals surface area contributed by atoms with Crippen molar-refractivity contribution < 1.29 is 9.53 Å². The molecule has 118 valence electrons. The summed E-state index contributed by atoms with van der Waals surface area (Å²) < 4.78 is 5.38. The normalized spacial score (nSPS) is 10.5. The van der Waals surface area contributed by atoms with Gasteiger partial charge in [-0.15, -0.1) is 0 Å². The molecule has 0 fully saturated rings. The van der Waals surface area contributed by atoms with Crippen LogP contribution < -0.4 is 15.4 Å². The lowest BCUT2D eigenvalue weighted by Gasteiger charge is -2.18. The van der Waals surface area contributed by atoms with Crippen LogP contribution in [0.5, 0.6) is 5.75 Å². The van der Waals surface area contributed by atoms with Gasteiger partial charge in [0.2, 0.25) is 0 Å². The lowest BCUT2D eigenvalue weighted by atomic mass is 10.2. The van der Waals surface area contributed by atoms with Crippen LogP contribution in [-0.2, 0) is 6.54 Å². The molecule has 0 saturated heterocycles. The summed E-state index contributed by atoms with van der Waals surface area (Å²) in [5.41, 5.74) is 1.05. The van der Waals surface area contributed by atoms with Crippen molar-refractivity contribution in [1.29, 1.82) is 0 Å². The smallest absolute Gasteiger partial charge is 0.315 e. The van der Waals surface area contributed by atoms with Gasteiger partial charge in [-0.3, -0.25) is 0 Å². The molecule has 2 N–H and O–H groups in total. The monoisotopic (exact) mass is 293 g/mol. The van der Waals surface area contributed by atoms with E-state index in [1.807, 2.05) is 31.2 Å². The summed E-state index contributed by atoms with van der Waals surface area (Å²) in [6, 6.07) is 7.62. The van der Waals surface area contributed by atoms with E-state index in [9.17, 15) is 4.79 Å². The Morgan fingerprint density at radius 3 is 2.33 bits per heavy atom. The maximum atomic E-state index is 11.7. The number of benzene rings is 1. The van der Waals surface area contributed by atoms with Gasteiger partial charge in [0.1, 0.15) is 5.75 Å². The lowest BCUT2D eigenvalue weighted by Crippen LogP contribution is -2.40. The Bertz CT molecular complexity index is 402. The standard InChI is InChI=1S/C16H27N3O2/c1-4-19(5-2)12-11-17-16(20)18-13-14-7-9-15(10-8-14)21-6-3/h7-10H,4-6,11-13H2,1-3H3,(H2,17,18,20). The van der Waals surface area contributed by atoms with Crippen LogP contribution in [0.3, 0.4) is 0 Å². The summed E-state index contributed by atoms with van der Waals surface area (Å²) >= 11 is 0. The number of rotatable bonds is 9. The summed E-state index contributed by atoms with van der Waals surface area (Å²) in [6.07, 6.45) is 0. The van der Waals surface area contributed by atoms with Crippen LogP contribution in [0.2, 0.25) is 0 Å². The molecule has 5 heteroatoms. The van der Waals surface area contributed by atoms with Gasteiger partial charge in [0.05, 0.1) is 6.61 Å². The van der Waals surface area contributed by atoms with Crippen molar-refractivity contribution in [2.75, 3.05) is 32.8 Å². The van der Waals surface area contributed by atoms with Crippen molar-refractivity contribution in [3.63, 3.8) is 0 Å². The van der Waals surface area contributed by atoms with E-state index < -0.39 is 0 Å². The fourth-order valence-electron chi connectivity index (χ4n) is 1.98. The second-order valence-corrected chi connectivity index (χ2v) is 4.71. The van der Waals surface area contributed by atoms with E-state index in [1.54, 1.807) is 0 Å². The predicted molar refractivity (Wildman–Crippen MR) is 85.6 cm³/mol. The Morgan fingerprint density at radius 2 is 1.76 bits per heavy atom. The summed E-state index contributed by atoms with van der Waals surface area (Å²) in [7, 11) is 0. The number of carbonyl (C=O) groups is 1. The van der Waals surface area contributed by atoms with Gasteiger partial charge in [-0.25, -0.2) is 4.79 Å². The zero-order valence-electron chi connectivity index (χ0n) is 13.3. The average Bonchev–Trinajstić information content (AvgIpc) is 2.51. The van der Waals surface area contributed by atoms with Crippen LogP contribution >= 0.6 is 0 Å². The highest BCUT2D eigenvalue weighted by atomic mass is 16.5. The molecule has 0 aliphatic carbocycles. The zero-order chi connectivity index (χ0) is 15.5. The molecule has 1 aromatic rings. The second kappa shape index (κ2) is 10.0. The first kappa shape index (κ1) is 17.3. The number of nitrogens with zero attached hydrogens (tertiary/aromatic N) is 1. The van der Waals surface area contributed by atoms with Crippen molar-refractivity contribution in [3.05, 3.63) is 29.8 Å². The number of hydrogen-bond acceptors (Lipinski definition) is 3. The van der Waals surface area contributed by atoms with Gasteiger partial charge in [0.25, 0.3) is 0 Å². The lowest BCUT2D eigenvalue weighted by molar-refractivity contribution is 0.236. The summed E-state index contributed by atoms with van der Waals surface area (Å²) in [6.45, 7) is 10.9. The third-order valence-electron chi connectivity index (χ3n) is 3.30. The van der Waals surface area contributed by atoms with Crippen LogP contribution in [0.15, 0.2) is 24.3 Å². The zero-order valence-corrected chi connectivity index (χ0v) is 13.3. The van der Waals surface area contributed by atoms with Crippen molar-refractivity contribution >= 4 is 6.03 Å². The summed E-state index contributed by atoms with van der Waals surface area (Å²) in [4.78, 5) is 13.9. The third kappa shape index (κ3) is 6.99. The fraction of sp³-hybridized carbons (Fsp3) is 0.562. The van der Waals surface area contributed by atoms with Crippen LogP contribution in [0.25, 0.3) is 0 Å². The molecule has 0 aliphatic rings. The van der Waals surface area contributed by atoms with Gasteiger partial charge in [-0.05, 0) is 37.7 Å². The minimum absolute atomic E-state index is 0.129. The summed E-state index contributed by atoms with van der Waals surface area (Å²) in [5, 5.41) is 5.72. The van der Waals surface area contributed by atoms with Crippen LogP contribution in [0.4, 0.5) is 4.79 Å². The van der Waals surface area contributed by atoms with Gasteiger partial charge in [0, 0.05) is 19.6 Å². The van der Waals surface area contributed by atoms with E-state index in [4.69, 9.17) is 4.74 Å². The molecule has 0 heterocycles. The SMILES string of the molecule is CCOc1ccc(CNC(=O)NCCN(CC)CC)cc1. The van der Waals surface area contributed by atoms with Gasteiger partial charge >= 0.3 is 6.03 Å². The molecular weight excluding hydrogens is 266 g/mol. The maximum absolute atomic E-state index is 11.7. The Labute approximate surface area is 127 Å². The molecule has 1 rings (SSSR count). The summed E-state index contributed by atoms with van der Waals surface area (Å²) in [5.74, 6) is 0.852. The second-order valence-electron chi connectivity index (χ2n) is 4.71. The predicted octanol–water partition coefficient (Wildman–Crippen LogP) is 2.23. The quantitative estimate of drug-likeness (QED) is 0.734. The molecule has 0 aromatic heterocycles. The highest BCUT2D eigenvalue weighted by Crippen LogP contribution is 2.11. The number of amides is 2. The van der Waals surface area contributed by atoms with Gasteiger partial charge < -0.3 is 20.3 Å². The van der Waals surface area contributed by atoms with E-state index in [0.29, 0.717) is 19.7 Å². The van der Waals surface area contributed by atoms with Crippen molar-refractivity contribution in [2.24, 2.45) is 0 Å². The Hall–Kier alpha value is -1.75. The number of ether oxygens (including phenoxy) is 1. The number of carbonyl (C=O) groups excluding carboxylic acids is 1. The maximum Gasteiger partial charge on any atom is 0.315 e. The molecule has 0 aliphatic heterocycles. The third-order valence-corrected chi connectivity index (χ3v) is 3.30. The number of hydrogen-bond donors (Lipinski definition) is 2. The van der Waals surface area contributed by atoms with Gasteiger partial charge in [-0.1, -0.05) is 26.0 Å². The minimum Gasteiger partial charge on any atom is -0.494 e. The number of urea groups is 1. The Morgan fingerprint density at radius 1 is 1.10 bits per heavy atom. The number of nitrogens with one attached hydrogen (secondary N) is 2. The van der Waals surface area contributed by atoms with Crippen LogP contribution in [0, 0.1) is 0 Å². The molecule has 0 saturated carbocycles. The molecule has 0 unspecified atom stereocenters. The first-order valence-electron chi connectivity index (χ1n) is 7.65. The first-order chi connectivity index (χ1) is 10.2. The molecule has 0 bridgehead atoms. The average molecular weight is 293 g/mol. The van der Waals surface area contributed by atoms with E-state index in [1.165, 1.54) is 0 Å². The Balaban J connectivity index is 2.23. The Kier molecular flexibility index (Phi) is 8.28. The van der Waals surface area contributed by atoms with Crippen LogP contribution in [0.1, 0.15) is 26.3 Å². The van der Waals surface area contributed by atoms with Gasteiger partial charge in [-0.2, -0.15) is 0 Å². The van der Waals surface area contributed by atoms with Gasteiger partial charge in [0.15, 0.2) is 0 Å². The van der Waals surface area contributed by atoms with E-state index in [2.05, 4.69) is 29.4 Å². The minimum atomic E-state index is -0.129. The molecule has 0 atom stereocenters. The molecule has 21 heavy (non-hydrogen) atoms. The topological polar surface area (TPSA) is 53.6 Å². The van der Waals surface area contributed by atoms with Crippen LogP contribution in [-0.4, -0.2) is 43.7 Å². The fourth-order valence-corrected chi connectivity index (χ4v) is 1.98. The van der Waals surface area contributed by atoms with Crippen molar-refractivity contribution in [3.8, 4) is 5.75 Å². The molecule has 1 aromatic carbocycles. The van der Waals surface area contributed by atoms with Crippen molar-refractivity contribution in [1.82, 2.24) is 15.5 Å². The van der Waals surface area contributed by atoms with Crippen molar-refractivity contribution in [2.45, 2.75) is 27.3 Å². The van der Waals surface area contributed by atoms with E-state index in [0.717, 1.165) is 30.9 Å². The molecule has 0 spiro atoms.